The number of amides is 2. The predicted octanol–water partition coefficient (Wildman–Crippen LogP) is 0.410. The molecule has 3 N–H and O–H groups in total. The average Bonchev–Trinajstić information content (AvgIpc) is 3.11. The maximum atomic E-state index is 12.2. The van der Waals surface area contributed by atoms with Crippen molar-refractivity contribution in [2.45, 2.75) is 38.5 Å². The van der Waals surface area contributed by atoms with Gasteiger partial charge in [0.25, 0.3) is 5.91 Å². The summed E-state index contributed by atoms with van der Waals surface area (Å²) < 4.78 is 0. The van der Waals surface area contributed by atoms with E-state index in [2.05, 4.69) is 15.2 Å². The third-order valence-electron chi connectivity index (χ3n) is 3.07. The van der Waals surface area contributed by atoms with Crippen molar-refractivity contribution < 1.29 is 9.59 Å². The zero-order valence-corrected chi connectivity index (χ0v) is 11.1. The van der Waals surface area contributed by atoms with Crippen LogP contribution in [0.4, 0.5) is 0 Å². The quantitative estimate of drug-likeness (QED) is 0.744. The van der Waals surface area contributed by atoms with Crippen LogP contribution in [0.5, 0.6) is 0 Å². The van der Waals surface area contributed by atoms with E-state index in [1.165, 1.54) is 4.90 Å². The molecule has 1 fully saturated rings. The van der Waals surface area contributed by atoms with Gasteiger partial charge in [0.15, 0.2) is 0 Å². The number of unbranched alkanes of at least 4 members (excludes halogenated alkanes) is 1. The predicted molar refractivity (Wildman–Crippen MR) is 68.4 cm³/mol. The van der Waals surface area contributed by atoms with E-state index in [4.69, 9.17) is 5.73 Å². The summed E-state index contributed by atoms with van der Waals surface area (Å²) in [5, 5.41) is 6.72. The molecule has 0 spiro atoms. The van der Waals surface area contributed by atoms with Crippen molar-refractivity contribution in [3.8, 4) is 0 Å². The Balaban J connectivity index is 2.04. The Labute approximate surface area is 111 Å². The minimum atomic E-state index is -0.526. The summed E-state index contributed by atoms with van der Waals surface area (Å²) in [7, 11) is 0. The van der Waals surface area contributed by atoms with Crippen molar-refractivity contribution >= 4 is 11.8 Å². The third-order valence-corrected chi connectivity index (χ3v) is 3.07. The van der Waals surface area contributed by atoms with Gasteiger partial charge in [-0.25, -0.2) is 4.98 Å². The van der Waals surface area contributed by atoms with Crippen LogP contribution in [0.3, 0.4) is 0 Å². The Hall–Kier alpha value is -1.92. The normalized spacial score (nSPS) is 14.4. The number of nitrogens with two attached hydrogens (primary N) is 1. The highest BCUT2D eigenvalue weighted by molar-refractivity contribution is 5.93. The molecule has 0 aliphatic heterocycles. The van der Waals surface area contributed by atoms with E-state index in [1.807, 2.05) is 6.92 Å². The Morgan fingerprint density at radius 2 is 2.21 bits per heavy atom. The van der Waals surface area contributed by atoms with Crippen LogP contribution in [-0.2, 0) is 4.79 Å². The fraction of sp³-hybridized carbons (Fsp3) is 0.667. The maximum Gasteiger partial charge on any atom is 0.293 e. The number of rotatable bonds is 7. The highest BCUT2D eigenvalue weighted by Gasteiger charge is 2.29. The summed E-state index contributed by atoms with van der Waals surface area (Å²) in [5.74, 6) is 0.434. The SMILES string of the molecule is CCCCN(CC(N)=O)C(=O)c1n[nH]c(C2CC2)n1. The molecule has 1 heterocycles. The van der Waals surface area contributed by atoms with Gasteiger partial charge < -0.3 is 10.6 Å². The number of carbonyl (C=O) groups is 2. The molecule has 1 aliphatic carbocycles. The molecule has 1 saturated carbocycles. The van der Waals surface area contributed by atoms with E-state index in [1.54, 1.807) is 0 Å². The number of carbonyl (C=O) groups excluding carboxylic acids is 2. The first-order chi connectivity index (χ1) is 9.11. The highest BCUT2D eigenvalue weighted by Crippen LogP contribution is 2.37. The van der Waals surface area contributed by atoms with E-state index >= 15 is 0 Å². The number of hydrogen-bond acceptors (Lipinski definition) is 4. The molecule has 104 valence electrons. The van der Waals surface area contributed by atoms with Gasteiger partial charge in [0, 0.05) is 12.5 Å². The third kappa shape index (κ3) is 3.52. The van der Waals surface area contributed by atoms with E-state index < -0.39 is 5.91 Å². The molecular weight excluding hydrogens is 246 g/mol. The minimum Gasteiger partial charge on any atom is -0.368 e. The first-order valence-corrected chi connectivity index (χ1v) is 6.61. The van der Waals surface area contributed by atoms with Gasteiger partial charge in [0.05, 0.1) is 6.54 Å². The average molecular weight is 265 g/mol. The van der Waals surface area contributed by atoms with Crippen LogP contribution in [0.25, 0.3) is 0 Å². The molecule has 0 aromatic carbocycles. The van der Waals surface area contributed by atoms with Gasteiger partial charge in [-0.1, -0.05) is 13.3 Å². The number of nitrogens with one attached hydrogen (secondary N) is 1. The summed E-state index contributed by atoms with van der Waals surface area (Å²) in [6, 6.07) is 0. The van der Waals surface area contributed by atoms with Crippen LogP contribution in [0.15, 0.2) is 0 Å². The largest absolute Gasteiger partial charge is 0.368 e. The first-order valence-electron chi connectivity index (χ1n) is 6.61. The number of aromatic nitrogens is 3. The van der Waals surface area contributed by atoms with Crippen LogP contribution in [0.1, 0.15) is 55.0 Å². The molecule has 2 amide bonds. The second-order valence-corrected chi connectivity index (χ2v) is 4.87. The van der Waals surface area contributed by atoms with Crippen molar-refractivity contribution in [1.82, 2.24) is 20.1 Å². The molecule has 7 nitrogen and oxygen atoms in total. The van der Waals surface area contributed by atoms with Gasteiger partial charge in [-0.2, -0.15) is 0 Å². The molecule has 0 atom stereocenters. The number of aromatic amines is 1. The smallest absolute Gasteiger partial charge is 0.293 e. The molecule has 0 saturated heterocycles. The van der Waals surface area contributed by atoms with Gasteiger partial charge in [-0.3, -0.25) is 14.7 Å². The van der Waals surface area contributed by atoms with E-state index in [0.29, 0.717) is 12.5 Å². The topological polar surface area (TPSA) is 105 Å². The fourth-order valence-electron chi connectivity index (χ4n) is 1.84. The zero-order valence-electron chi connectivity index (χ0n) is 11.1. The lowest BCUT2D eigenvalue weighted by atomic mass is 10.3. The number of primary amides is 1. The molecule has 7 heteroatoms. The molecule has 0 radical (unpaired) electrons. The molecule has 1 aliphatic rings. The Kier molecular flexibility index (Phi) is 4.13. The van der Waals surface area contributed by atoms with Gasteiger partial charge >= 0.3 is 0 Å². The zero-order chi connectivity index (χ0) is 13.8. The molecule has 0 unspecified atom stereocenters. The molecule has 19 heavy (non-hydrogen) atoms. The fourth-order valence-corrected chi connectivity index (χ4v) is 1.84. The number of hydrogen-bond donors (Lipinski definition) is 2. The van der Waals surface area contributed by atoms with Gasteiger partial charge in [0.1, 0.15) is 5.82 Å². The summed E-state index contributed by atoms with van der Waals surface area (Å²) in [6.45, 7) is 2.42. The van der Waals surface area contributed by atoms with Crippen LogP contribution in [0, 0.1) is 0 Å². The van der Waals surface area contributed by atoms with Crippen LogP contribution in [-0.4, -0.2) is 45.0 Å². The summed E-state index contributed by atoms with van der Waals surface area (Å²) >= 11 is 0. The van der Waals surface area contributed by atoms with Crippen molar-refractivity contribution in [3.05, 3.63) is 11.6 Å². The van der Waals surface area contributed by atoms with E-state index in [0.717, 1.165) is 31.5 Å². The van der Waals surface area contributed by atoms with E-state index in [9.17, 15) is 9.59 Å². The maximum absolute atomic E-state index is 12.2. The lowest BCUT2D eigenvalue weighted by Crippen LogP contribution is -2.39. The highest BCUT2D eigenvalue weighted by atomic mass is 16.2. The van der Waals surface area contributed by atoms with Crippen molar-refractivity contribution in [2.75, 3.05) is 13.1 Å². The van der Waals surface area contributed by atoms with E-state index in [-0.39, 0.29) is 18.3 Å². The molecule has 1 aromatic rings. The molecule has 2 rings (SSSR count). The van der Waals surface area contributed by atoms with Gasteiger partial charge in [-0.15, -0.1) is 5.10 Å². The van der Waals surface area contributed by atoms with Crippen molar-refractivity contribution in [2.24, 2.45) is 5.73 Å². The van der Waals surface area contributed by atoms with Crippen molar-refractivity contribution in [1.29, 1.82) is 0 Å². The van der Waals surface area contributed by atoms with Crippen LogP contribution in [0.2, 0.25) is 0 Å². The summed E-state index contributed by atoms with van der Waals surface area (Å²) in [5.41, 5.74) is 5.16. The van der Waals surface area contributed by atoms with Gasteiger partial charge in [0.2, 0.25) is 11.7 Å². The van der Waals surface area contributed by atoms with Crippen molar-refractivity contribution in [3.63, 3.8) is 0 Å². The first kappa shape index (κ1) is 13.5. The number of H-pyrrole nitrogens is 1. The van der Waals surface area contributed by atoms with Gasteiger partial charge in [-0.05, 0) is 19.3 Å². The molecule has 1 aromatic heterocycles. The second kappa shape index (κ2) is 5.81. The lowest BCUT2D eigenvalue weighted by Gasteiger charge is -2.18. The standard InChI is InChI=1S/C12H19N5O2/c1-2-3-6-17(7-9(13)18)12(19)11-14-10(15-16-11)8-4-5-8/h8H,2-7H2,1H3,(H2,13,18)(H,14,15,16). The number of nitrogens with zero attached hydrogens (tertiary/aromatic N) is 3. The molecular formula is C12H19N5O2. The van der Waals surface area contributed by atoms with Crippen LogP contribution >= 0.6 is 0 Å². The van der Waals surface area contributed by atoms with Crippen LogP contribution < -0.4 is 5.73 Å². The second-order valence-electron chi connectivity index (χ2n) is 4.87. The monoisotopic (exact) mass is 265 g/mol. The Morgan fingerprint density at radius 1 is 1.47 bits per heavy atom. The molecule has 0 bridgehead atoms. The summed E-state index contributed by atoms with van der Waals surface area (Å²) in [6.07, 6.45) is 3.93. The lowest BCUT2D eigenvalue weighted by molar-refractivity contribution is -0.118. The summed E-state index contributed by atoms with van der Waals surface area (Å²) in [4.78, 5) is 28.8. The Morgan fingerprint density at radius 3 is 2.79 bits per heavy atom. The minimum absolute atomic E-state index is 0.0911. The Bertz CT molecular complexity index is 466.